The van der Waals surface area contributed by atoms with Crippen LogP contribution in [0.5, 0.6) is 0 Å². The van der Waals surface area contributed by atoms with Crippen LogP contribution in [0.1, 0.15) is 58.3 Å². The number of nitrogens with two attached hydrogens (primary N) is 1. The van der Waals surface area contributed by atoms with Crippen molar-refractivity contribution in [2.24, 2.45) is 11.7 Å². The summed E-state index contributed by atoms with van der Waals surface area (Å²) in [5.41, 5.74) is 5.53. The highest BCUT2D eigenvalue weighted by molar-refractivity contribution is 6.30. The molecule has 1 atom stereocenters. The first-order chi connectivity index (χ1) is 16.0. The van der Waals surface area contributed by atoms with Gasteiger partial charge in [0.15, 0.2) is 5.78 Å². The molecule has 3 rings (SSSR count). The van der Waals surface area contributed by atoms with E-state index in [0.717, 1.165) is 12.1 Å². The molecule has 1 unspecified atom stereocenters. The molecule has 0 aliphatic rings. The quantitative estimate of drug-likeness (QED) is 0.384. The molecule has 4 N–H and O–H groups in total. The Morgan fingerprint density at radius 1 is 1.09 bits per heavy atom. The zero-order valence-electron chi connectivity index (χ0n) is 18.8. The summed E-state index contributed by atoms with van der Waals surface area (Å²) in [5, 5.41) is 3.10. The van der Waals surface area contributed by atoms with Gasteiger partial charge < -0.3 is 16.0 Å². The number of rotatable bonds is 8. The minimum atomic E-state index is -0.839. The van der Waals surface area contributed by atoms with Crippen molar-refractivity contribution in [1.29, 1.82) is 0 Å². The van der Waals surface area contributed by atoms with Gasteiger partial charge in [0.25, 0.3) is 5.91 Å². The molecule has 0 aliphatic carbocycles. The van der Waals surface area contributed by atoms with E-state index in [-0.39, 0.29) is 40.2 Å². The number of nitrogens with one attached hydrogen (secondary N) is 2. The van der Waals surface area contributed by atoms with Crippen LogP contribution in [0, 0.1) is 24.5 Å². The van der Waals surface area contributed by atoms with E-state index >= 15 is 0 Å². The number of hydrogen-bond donors (Lipinski definition) is 3. The first kappa shape index (κ1) is 25.1. The summed E-state index contributed by atoms with van der Waals surface area (Å²) in [7, 11) is 0. The number of ketones is 1. The zero-order valence-corrected chi connectivity index (χ0v) is 19.6. The SMILES string of the molecule is Cc1c(F)ccc(F)c1-c1c(C(=O)NC(CC(N)=O)c2cccc(Cl)c2)c[nH]c1C(=O)C(C)C. The Kier molecular flexibility index (Phi) is 7.51. The van der Waals surface area contributed by atoms with E-state index in [4.69, 9.17) is 17.3 Å². The average Bonchev–Trinajstić information content (AvgIpc) is 3.20. The molecule has 0 bridgehead atoms. The second-order valence-electron chi connectivity index (χ2n) is 8.25. The van der Waals surface area contributed by atoms with Gasteiger partial charge in [0, 0.05) is 28.3 Å². The molecular weight excluding hydrogens is 464 g/mol. The molecule has 3 aromatic rings. The number of aromatic nitrogens is 1. The summed E-state index contributed by atoms with van der Waals surface area (Å²) >= 11 is 6.05. The van der Waals surface area contributed by atoms with E-state index in [9.17, 15) is 23.2 Å². The van der Waals surface area contributed by atoms with Crippen LogP contribution in [-0.4, -0.2) is 22.6 Å². The van der Waals surface area contributed by atoms with Crippen molar-refractivity contribution in [2.75, 3.05) is 0 Å². The molecule has 9 heteroatoms. The van der Waals surface area contributed by atoms with E-state index < -0.39 is 35.4 Å². The number of aromatic amines is 1. The Bertz CT molecular complexity index is 1270. The van der Waals surface area contributed by atoms with Crippen molar-refractivity contribution in [3.05, 3.63) is 81.6 Å². The average molecular weight is 488 g/mol. The van der Waals surface area contributed by atoms with Crippen molar-refractivity contribution in [3.63, 3.8) is 0 Å². The molecule has 0 fully saturated rings. The van der Waals surface area contributed by atoms with Crippen LogP contribution in [0.3, 0.4) is 0 Å². The Morgan fingerprint density at radius 2 is 1.76 bits per heavy atom. The molecule has 178 valence electrons. The predicted molar refractivity (Wildman–Crippen MR) is 126 cm³/mol. The third kappa shape index (κ3) is 5.17. The number of benzene rings is 2. The fourth-order valence-electron chi connectivity index (χ4n) is 3.72. The maximum absolute atomic E-state index is 14.9. The van der Waals surface area contributed by atoms with Gasteiger partial charge in [-0.05, 0) is 42.3 Å². The lowest BCUT2D eigenvalue weighted by Crippen LogP contribution is -2.32. The Labute approximate surface area is 200 Å². The summed E-state index contributed by atoms with van der Waals surface area (Å²) in [6.07, 6.45) is 1.04. The lowest BCUT2D eigenvalue weighted by atomic mass is 9.92. The van der Waals surface area contributed by atoms with E-state index in [1.54, 1.807) is 38.1 Å². The molecule has 0 spiro atoms. The summed E-state index contributed by atoms with van der Waals surface area (Å²) in [6.45, 7) is 4.68. The third-order valence-corrected chi connectivity index (χ3v) is 5.69. The molecule has 34 heavy (non-hydrogen) atoms. The Morgan fingerprint density at radius 3 is 2.38 bits per heavy atom. The van der Waals surface area contributed by atoms with Gasteiger partial charge in [-0.1, -0.05) is 37.6 Å². The molecule has 2 amide bonds. The highest BCUT2D eigenvalue weighted by atomic mass is 35.5. The van der Waals surface area contributed by atoms with Gasteiger partial charge in [0.05, 0.1) is 23.7 Å². The van der Waals surface area contributed by atoms with Crippen LogP contribution in [0.15, 0.2) is 42.6 Å². The largest absolute Gasteiger partial charge is 0.370 e. The first-order valence-electron chi connectivity index (χ1n) is 10.6. The second-order valence-corrected chi connectivity index (χ2v) is 8.69. The number of carbonyl (C=O) groups is 3. The smallest absolute Gasteiger partial charge is 0.253 e. The lowest BCUT2D eigenvalue weighted by molar-refractivity contribution is -0.118. The number of carbonyl (C=O) groups excluding carboxylic acids is 3. The van der Waals surface area contributed by atoms with E-state index in [1.165, 1.54) is 13.1 Å². The van der Waals surface area contributed by atoms with Gasteiger partial charge in [0.2, 0.25) is 5.91 Å². The number of hydrogen-bond acceptors (Lipinski definition) is 3. The first-order valence-corrected chi connectivity index (χ1v) is 10.9. The fourth-order valence-corrected chi connectivity index (χ4v) is 3.92. The van der Waals surface area contributed by atoms with Crippen molar-refractivity contribution in [2.45, 2.75) is 33.2 Å². The number of primary amides is 1. The van der Waals surface area contributed by atoms with Crippen LogP contribution >= 0.6 is 11.6 Å². The third-order valence-electron chi connectivity index (χ3n) is 5.46. The molecular formula is C25H24ClF2N3O3. The molecule has 0 saturated heterocycles. The monoisotopic (exact) mass is 487 g/mol. The van der Waals surface area contributed by atoms with Crippen LogP contribution in [0.25, 0.3) is 11.1 Å². The zero-order chi connectivity index (χ0) is 25.2. The van der Waals surface area contributed by atoms with Crippen LogP contribution in [0.2, 0.25) is 5.02 Å². The van der Waals surface area contributed by atoms with Crippen LogP contribution in [-0.2, 0) is 4.79 Å². The molecule has 1 aromatic heterocycles. The van der Waals surface area contributed by atoms with Gasteiger partial charge in [-0.25, -0.2) is 8.78 Å². The van der Waals surface area contributed by atoms with Crippen LogP contribution < -0.4 is 11.1 Å². The summed E-state index contributed by atoms with van der Waals surface area (Å²) < 4.78 is 29.3. The number of Topliss-reactive ketones (excluding diaryl/α,β-unsaturated/α-hetero) is 1. The van der Waals surface area contributed by atoms with Crippen LogP contribution in [0.4, 0.5) is 8.78 Å². The maximum Gasteiger partial charge on any atom is 0.253 e. The predicted octanol–water partition coefficient (Wildman–Crippen LogP) is 5.11. The summed E-state index contributed by atoms with van der Waals surface area (Å²) in [5.74, 6) is -3.68. The molecule has 0 aliphatic heterocycles. The van der Waals surface area contributed by atoms with Gasteiger partial charge in [0.1, 0.15) is 11.6 Å². The molecule has 2 aromatic carbocycles. The summed E-state index contributed by atoms with van der Waals surface area (Å²) in [4.78, 5) is 40.6. The Balaban J connectivity index is 2.14. The van der Waals surface area contributed by atoms with Crippen molar-refractivity contribution in [1.82, 2.24) is 10.3 Å². The topological polar surface area (TPSA) is 105 Å². The number of halogens is 3. The molecule has 0 radical (unpaired) electrons. The van der Waals surface area contributed by atoms with Crippen molar-refractivity contribution >= 4 is 29.2 Å². The lowest BCUT2D eigenvalue weighted by Gasteiger charge is -2.19. The van der Waals surface area contributed by atoms with Gasteiger partial charge in [-0.3, -0.25) is 14.4 Å². The molecule has 1 heterocycles. The standard InChI is InChI=1S/C25H24ClF2N3O3/c1-12(2)24(33)23-22(21-13(3)17(27)7-8-18(21)28)16(11-30-23)25(34)31-19(10-20(29)32)14-5-4-6-15(26)9-14/h4-9,11-12,19,30H,10H2,1-3H3,(H2,29,32)(H,31,34). The van der Waals surface area contributed by atoms with E-state index in [0.29, 0.717) is 10.6 Å². The van der Waals surface area contributed by atoms with Gasteiger partial charge >= 0.3 is 0 Å². The fraction of sp³-hybridized carbons (Fsp3) is 0.240. The van der Waals surface area contributed by atoms with E-state index in [1.807, 2.05) is 0 Å². The molecule has 0 saturated carbocycles. The number of amides is 2. The maximum atomic E-state index is 14.9. The summed E-state index contributed by atoms with van der Waals surface area (Å²) in [6, 6.07) is 7.63. The van der Waals surface area contributed by atoms with Crippen molar-refractivity contribution in [3.8, 4) is 11.1 Å². The van der Waals surface area contributed by atoms with Gasteiger partial charge in [-0.15, -0.1) is 0 Å². The highest BCUT2D eigenvalue weighted by Gasteiger charge is 2.29. The highest BCUT2D eigenvalue weighted by Crippen LogP contribution is 2.35. The van der Waals surface area contributed by atoms with Gasteiger partial charge in [-0.2, -0.15) is 0 Å². The Hall–Kier alpha value is -3.52. The van der Waals surface area contributed by atoms with E-state index in [2.05, 4.69) is 10.3 Å². The minimum absolute atomic E-state index is 0.0121. The minimum Gasteiger partial charge on any atom is -0.370 e. The normalized spacial score (nSPS) is 12.0. The second kappa shape index (κ2) is 10.2. The van der Waals surface area contributed by atoms with Crippen molar-refractivity contribution < 1.29 is 23.2 Å². The number of H-pyrrole nitrogens is 1. The molecule has 6 nitrogen and oxygen atoms in total.